The van der Waals surface area contributed by atoms with Gasteiger partial charge in [-0.3, -0.25) is 0 Å². The Morgan fingerprint density at radius 1 is 1.14 bits per heavy atom. The number of nitriles is 1. The number of nitrogens with one attached hydrogen (secondary N) is 1. The van der Waals surface area contributed by atoms with Gasteiger partial charge in [0.25, 0.3) is 0 Å². The molecule has 0 saturated carbocycles. The Bertz CT molecular complexity index is 757. The Morgan fingerprint density at radius 3 is 2.57 bits per heavy atom. The molecule has 0 bridgehead atoms. The van der Waals surface area contributed by atoms with Crippen molar-refractivity contribution in [2.75, 3.05) is 5.32 Å². The second-order valence-corrected chi connectivity index (χ2v) is 5.42. The Balaban J connectivity index is 1.66. The smallest absolute Gasteiger partial charge is 0.159 e. The number of hydrogen-bond acceptors (Lipinski definition) is 5. The van der Waals surface area contributed by atoms with Crippen LogP contribution < -0.4 is 5.32 Å². The van der Waals surface area contributed by atoms with Crippen LogP contribution in [0.1, 0.15) is 10.4 Å². The zero-order valence-corrected chi connectivity index (χ0v) is 12.0. The summed E-state index contributed by atoms with van der Waals surface area (Å²) in [5.41, 5.74) is 2.56. The number of anilines is 1. The van der Waals surface area contributed by atoms with Crippen LogP contribution in [0.3, 0.4) is 0 Å². The van der Waals surface area contributed by atoms with E-state index in [-0.39, 0.29) is 0 Å². The summed E-state index contributed by atoms with van der Waals surface area (Å²) < 4.78 is 0. The molecule has 0 spiro atoms. The predicted octanol–water partition coefficient (Wildman–Crippen LogP) is 3.69. The first-order valence-corrected chi connectivity index (χ1v) is 7.32. The van der Waals surface area contributed by atoms with E-state index in [9.17, 15) is 0 Å². The van der Waals surface area contributed by atoms with Gasteiger partial charge < -0.3 is 5.32 Å². The third-order valence-electron chi connectivity index (χ3n) is 2.93. The van der Waals surface area contributed by atoms with Crippen molar-refractivity contribution in [2.45, 2.75) is 6.54 Å². The molecular weight excluding hydrogens is 280 g/mol. The highest BCUT2D eigenvalue weighted by molar-refractivity contribution is 7.10. The van der Waals surface area contributed by atoms with Crippen molar-refractivity contribution in [1.29, 1.82) is 5.26 Å². The minimum absolute atomic E-state index is 0.667. The zero-order valence-electron chi connectivity index (χ0n) is 11.2. The monoisotopic (exact) mass is 292 g/mol. The number of benzene rings is 1. The second-order valence-electron chi connectivity index (χ2n) is 4.43. The highest BCUT2D eigenvalue weighted by Crippen LogP contribution is 2.17. The van der Waals surface area contributed by atoms with Crippen molar-refractivity contribution < 1.29 is 0 Å². The average molecular weight is 292 g/mol. The summed E-state index contributed by atoms with van der Waals surface area (Å²) in [4.78, 5) is 9.83. The molecule has 2 heterocycles. The summed E-state index contributed by atoms with van der Waals surface area (Å²) in [6.07, 6.45) is 3.54. The molecule has 1 N–H and O–H groups in total. The van der Waals surface area contributed by atoms with Crippen molar-refractivity contribution in [1.82, 2.24) is 9.97 Å². The van der Waals surface area contributed by atoms with Crippen molar-refractivity contribution >= 4 is 17.0 Å². The van der Waals surface area contributed by atoms with E-state index < -0.39 is 0 Å². The van der Waals surface area contributed by atoms with E-state index >= 15 is 0 Å². The van der Waals surface area contributed by atoms with Gasteiger partial charge in [0.2, 0.25) is 0 Å². The Hall–Kier alpha value is -2.71. The van der Waals surface area contributed by atoms with Gasteiger partial charge in [0.15, 0.2) is 5.82 Å². The molecule has 3 aromatic rings. The highest BCUT2D eigenvalue weighted by Gasteiger charge is 2.02. The van der Waals surface area contributed by atoms with Gasteiger partial charge >= 0.3 is 0 Å². The standard InChI is InChI=1S/C16H12N4S/c17-7-12-6-15(21-11-12)10-18-14-8-19-16(20-9-14)13-4-2-1-3-5-13/h1-6,8-9,11,18H,10H2. The minimum atomic E-state index is 0.667. The van der Waals surface area contributed by atoms with Gasteiger partial charge in [0.1, 0.15) is 6.07 Å². The normalized spacial score (nSPS) is 10.0. The second kappa shape index (κ2) is 6.16. The summed E-state index contributed by atoms with van der Waals surface area (Å²) in [5.74, 6) is 0.712. The van der Waals surface area contributed by atoms with Gasteiger partial charge in [0, 0.05) is 22.4 Å². The van der Waals surface area contributed by atoms with E-state index in [2.05, 4.69) is 21.4 Å². The van der Waals surface area contributed by atoms with Gasteiger partial charge in [-0.15, -0.1) is 11.3 Å². The van der Waals surface area contributed by atoms with Gasteiger partial charge in [0.05, 0.1) is 23.6 Å². The van der Waals surface area contributed by atoms with Crippen molar-refractivity contribution in [3.8, 4) is 17.5 Å². The molecule has 21 heavy (non-hydrogen) atoms. The molecular formula is C16H12N4S. The van der Waals surface area contributed by atoms with E-state index in [1.807, 2.05) is 41.8 Å². The molecule has 0 unspecified atom stereocenters. The summed E-state index contributed by atoms with van der Waals surface area (Å²) in [6, 6.07) is 13.9. The Morgan fingerprint density at radius 2 is 1.90 bits per heavy atom. The molecule has 1 aromatic carbocycles. The minimum Gasteiger partial charge on any atom is -0.378 e. The molecule has 0 aliphatic carbocycles. The number of aromatic nitrogens is 2. The van der Waals surface area contributed by atoms with Crippen molar-refractivity contribution in [3.05, 3.63) is 64.6 Å². The fourth-order valence-electron chi connectivity index (χ4n) is 1.88. The fourth-order valence-corrected chi connectivity index (χ4v) is 2.63. The molecule has 0 aliphatic rings. The molecule has 3 rings (SSSR count). The molecule has 0 aliphatic heterocycles. The highest BCUT2D eigenvalue weighted by atomic mass is 32.1. The SMILES string of the molecule is N#Cc1csc(CNc2cnc(-c3ccccc3)nc2)c1. The maximum absolute atomic E-state index is 8.79. The van der Waals surface area contributed by atoms with Crippen LogP contribution in [0.5, 0.6) is 0 Å². The largest absolute Gasteiger partial charge is 0.378 e. The maximum Gasteiger partial charge on any atom is 0.159 e. The topological polar surface area (TPSA) is 61.6 Å². The lowest BCUT2D eigenvalue weighted by Crippen LogP contribution is -1.99. The molecule has 0 amide bonds. The van der Waals surface area contributed by atoms with Gasteiger partial charge in [-0.2, -0.15) is 5.26 Å². The molecule has 0 saturated heterocycles. The van der Waals surface area contributed by atoms with E-state index in [1.54, 1.807) is 23.7 Å². The van der Waals surface area contributed by atoms with E-state index in [0.29, 0.717) is 17.9 Å². The summed E-state index contributed by atoms with van der Waals surface area (Å²) in [6.45, 7) is 0.667. The van der Waals surface area contributed by atoms with Crippen LogP contribution in [0.25, 0.3) is 11.4 Å². The quantitative estimate of drug-likeness (QED) is 0.796. The Kier molecular flexibility index (Phi) is 3.90. The van der Waals surface area contributed by atoms with Crippen LogP contribution in [0.15, 0.2) is 54.2 Å². The first-order valence-electron chi connectivity index (χ1n) is 6.44. The Labute approximate surface area is 126 Å². The van der Waals surface area contributed by atoms with Gasteiger partial charge in [-0.25, -0.2) is 9.97 Å². The third-order valence-corrected chi connectivity index (χ3v) is 3.87. The lowest BCUT2D eigenvalue weighted by atomic mass is 10.2. The zero-order chi connectivity index (χ0) is 14.5. The molecule has 0 fully saturated rings. The van der Waals surface area contributed by atoms with Crippen LogP contribution in [0, 0.1) is 11.3 Å². The van der Waals surface area contributed by atoms with Crippen molar-refractivity contribution in [3.63, 3.8) is 0 Å². The average Bonchev–Trinajstić information content (AvgIpc) is 3.02. The van der Waals surface area contributed by atoms with Crippen LogP contribution in [-0.4, -0.2) is 9.97 Å². The van der Waals surface area contributed by atoms with E-state index in [4.69, 9.17) is 5.26 Å². The summed E-state index contributed by atoms with van der Waals surface area (Å²) in [5, 5.41) is 13.9. The van der Waals surface area contributed by atoms with Crippen LogP contribution in [0.2, 0.25) is 0 Å². The van der Waals surface area contributed by atoms with E-state index in [0.717, 1.165) is 16.1 Å². The molecule has 0 radical (unpaired) electrons. The first-order chi connectivity index (χ1) is 10.3. The maximum atomic E-state index is 8.79. The van der Waals surface area contributed by atoms with Gasteiger partial charge in [-0.1, -0.05) is 30.3 Å². The van der Waals surface area contributed by atoms with Crippen LogP contribution >= 0.6 is 11.3 Å². The molecule has 102 valence electrons. The lowest BCUT2D eigenvalue weighted by molar-refractivity contribution is 1.12. The number of hydrogen-bond donors (Lipinski definition) is 1. The molecule has 5 heteroatoms. The lowest BCUT2D eigenvalue weighted by Gasteiger charge is -2.05. The molecule has 2 aromatic heterocycles. The number of rotatable bonds is 4. The third kappa shape index (κ3) is 3.25. The van der Waals surface area contributed by atoms with Gasteiger partial charge in [-0.05, 0) is 6.07 Å². The van der Waals surface area contributed by atoms with Crippen LogP contribution in [0.4, 0.5) is 5.69 Å². The predicted molar refractivity (Wildman–Crippen MR) is 83.8 cm³/mol. The van der Waals surface area contributed by atoms with Crippen LogP contribution in [-0.2, 0) is 6.54 Å². The number of thiophene rings is 1. The number of nitrogens with zero attached hydrogens (tertiary/aromatic N) is 3. The molecule has 4 nitrogen and oxygen atoms in total. The van der Waals surface area contributed by atoms with E-state index in [1.165, 1.54) is 0 Å². The first kappa shape index (κ1) is 13.3. The summed E-state index contributed by atoms with van der Waals surface area (Å²) >= 11 is 1.57. The summed E-state index contributed by atoms with van der Waals surface area (Å²) in [7, 11) is 0. The fraction of sp³-hybridized carbons (Fsp3) is 0.0625. The van der Waals surface area contributed by atoms with Crippen molar-refractivity contribution in [2.24, 2.45) is 0 Å². The molecule has 0 atom stereocenters.